The van der Waals surface area contributed by atoms with Crippen molar-refractivity contribution >= 4 is 17.6 Å². The lowest BCUT2D eigenvalue weighted by Crippen LogP contribution is -2.47. The number of pyridine rings is 1. The zero-order valence-electron chi connectivity index (χ0n) is 17.7. The third kappa shape index (κ3) is 6.53. The lowest BCUT2D eigenvalue weighted by Gasteiger charge is -2.18. The third-order valence-corrected chi connectivity index (χ3v) is 4.81. The number of carbonyl (C=O) groups is 2. The highest BCUT2D eigenvalue weighted by atomic mass is 19.1. The zero-order valence-corrected chi connectivity index (χ0v) is 17.7. The van der Waals surface area contributed by atoms with Crippen LogP contribution in [0.4, 0.5) is 14.9 Å². The van der Waals surface area contributed by atoms with Gasteiger partial charge in [-0.2, -0.15) is 0 Å². The fourth-order valence-electron chi connectivity index (χ4n) is 3.15. The summed E-state index contributed by atoms with van der Waals surface area (Å²) >= 11 is 0. The molecule has 7 nitrogen and oxygen atoms in total. The first-order valence-corrected chi connectivity index (χ1v) is 10.3. The van der Waals surface area contributed by atoms with E-state index in [1.807, 2.05) is 13.0 Å². The second-order valence-electron chi connectivity index (χ2n) is 7.31. The smallest absolute Gasteiger partial charge is 0.315 e. The van der Waals surface area contributed by atoms with Gasteiger partial charge in [0, 0.05) is 24.5 Å². The maximum absolute atomic E-state index is 13.0. The Labute approximate surface area is 185 Å². The Balaban J connectivity index is 1.61. The van der Waals surface area contributed by atoms with Crippen molar-refractivity contribution in [1.29, 1.82) is 0 Å². The molecular weight excluding hydrogens is 411 g/mol. The highest BCUT2D eigenvalue weighted by Crippen LogP contribution is 2.21. The number of hydrogen-bond acceptors (Lipinski definition) is 3. The van der Waals surface area contributed by atoms with E-state index in [0.717, 1.165) is 16.7 Å². The van der Waals surface area contributed by atoms with Crippen molar-refractivity contribution < 1.29 is 14.0 Å². The highest BCUT2D eigenvalue weighted by Gasteiger charge is 2.20. The van der Waals surface area contributed by atoms with Gasteiger partial charge in [0.2, 0.25) is 11.5 Å². The SMILES string of the molecule is CCCC(NC(=O)NCc1ccc(F)cc1)C(=O)Nc1cccc(-c2ccc(=O)[nH]c2)c1. The molecule has 0 spiro atoms. The van der Waals surface area contributed by atoms with Crippen LogP contribution in [0.1, 0.15) is 25.3 Å². The number of rotatable bonds is 8. The molecule has 1 unspecified atom stereocenters. The molecule has 0 bridgehead atoms. The van der Waals surface area contributed by atoms with Gasteiger partial charge in [-0.25, -0.2) is 9.18 Å². The van der Waals surface area contributed by atoms with Gasteiger partial charge in [-0.1, -0.05) is 37.6 Å². The average Bonchev–Trinajstić information content (AvgIpc) is 2.79. The number of aromatic nitrogens is 1. The number of hydrogen-bond donors (Lipinski definition) is 4. The molecule has 0 aliphatic rings. The maximum atomic E-state index is 13.0. The predicted octanol–water partition coefficient (Wildman–Crippen LogP) is 3.79. The summed E-state index contributed by atoms with van der Waals surface area (Å²) < 4.78 is 13.0. The lowest BCUT2D eigenvalue weighted by atomic mass is 10.1. The molecule has 0 saturated carbocycles. The molecule has 8 heteroatoms. The van der Waals surface area contributed by atoms with Crippen molar-refractivity contribution in [3.63, 3.8) is 0 Å². The summed E-state index contributed by atoms with van der Waals surface area (Å²) in [5.74, 6) is -0.676. The van der Waals surface area contributed by atoms with Gasteiger partial charge in [-0.15, -0.1) is 0 Å². The number of nitrogens with one attached hydrogen (secondary N) is 4. The number of aromatic amines is 1. The first-order valence-electron chi connectivity index (χ1n) is 10.3. The van der Waals surface area contributed by atoms with Crippen LogP contribution < -0.4 is 21.5 Å². The molecule has 1 heterocycles. The van der Waals surface area contributed by atoms with E-state index >= 15 is 0 Å². The Hall–Kier alpha value is -3.94. The van der Waals surface area contributed by atoms with Crippen LogP contribution >= 0.6 is 0 Å². The third-order valence-electron chi connectivity index (χ3n) is 4.81. The number of carbonyl (C=O) groups excluding carboxylic acids is 2. The highest BCUT2D eigenvalue weighted by molar-refractivity contribution is 5.97. The summed E-state index contributed by atoms with van der Waals surface area (Å²) in [6.07, 6.45) is 2.78. The maximum Gasteiger partial charge on any atom is 0.315 e. The van der Waals surface area contributed by atoms with Crippen molar-refractivity contribution in [2.75, 3.05) is 5.32 Å². The molecule has 1 atom stereocenters. The molecule has 0 radical (unpaired) electrons. The Bertz CT molecular complexity index is 1110. The lowest BCUT2D eigenvalue weighted by molar-refractivity contribution is -0.118. The van der Waals surface area contributed by atoms with E-state index in [1.54, 1.807) is 42.6 Å². The van der Waals surface area contributed by atoms with E-state index < -0.39 is 12.1 Å². The van der Waals surface area contributed by atoms with Crippen molar-refractivity contribution in [1.82, 2.24) is 15.6 Å². The first-order chi connectivity index (χ1) is 15.4. The van der Waals surface area contributed by atoms with Gasteiger partial charge < -0.3 is 20.9 Å². The van der Waals surface area contributed by atoms with Crippen molar-refractivity contribution in [2.24, 2.45) is 0 Å². The largest absolute Gasteiger partial charge is 0.334 e. The normalized spacial score (nSPS) is 11.4. The van der Waals surface area contributed by atoms with E-state index in [4.69, 9.17) is 0 Å². The molecule has 1 aromatic heterocycles. The fraction of sp³-hybridized carbons (Fsp3) is 0.208. The molecule has 32 heavy (non-hydrogen) atoms. The van der Waals surface area contributed by atoms with E-state index in [-0.39, 0.29) is 23.8 Å². The van der Waals surface area contributed by atoms with Gasteiger partial charge in [-0.3, -0.25) is 9.59 Å². The molecule has 166 valence electrons. The molecule has 3 amide bonds. The van der Waals surface area contributed by atoms with Crippen LogP contribution in [0.15, 0.2) is 71.7 Å². The Morgan fingerprint density at radius 2 is 1.81 bits per heavy atom. The standard InChI is InChI=1S/C24H25FN4O3/c1-2-4-21(29-24(32)27-14-16-7-10-19(25)11-8-16)23(31)28-20-6-3-5-17(13-20)18-9-12-22(30)26-15-18/h3,5-13,15,21H,2,4,14H2,1H3,(H,26,30)(H,28,31)(H2,27,29,32). The number of urea groups is 1. The second-order valence-corrected chi connectivity index (χ2v) is 7.31. The quantitative estimate of drug-likeness (QED) is 0.432. The Morgan fingerprint density at radius 3 is 2.50 bits per heavy atom. The van der Waals surface area contributed by atoms with Crippen LogP contribution in [0.5, 0.6) is 0 Å². The molecular formula is C24H25FN4O3. The molecule has 0 aliphatic heterocycles. The Kier molecular flexibility index (Phi) is 7.75. The van der Waals surface area contributed by atoms with E-state index in [1.165, 1.54) is 18.2 Å². The van der Waals surface area contributed by atoms with E-state index in [0.29, 0.717) is 18.5 Å². The molecule has 0 aliphatic carbocycles. The summed E-state index contributed by atoms with van der Waals surface area (Å²) in [5, 5.41) is 8.21. The summed E-state index contributed by atoms with van der Waals surface area (Å²) in [6, 6.07) is 15.0. The monoisotopic (exact) mass is 436 g/mol. The van der Waals surface area contributed by atoms with Crippen LogP contribution in [0, 0.1) is 5.82 Å². The van der Waals surface area contributed by atoms with Gasteiger partial charge in [0.1, 0.15) is 11.9 Å². The summed E-state index contributed by atoms with van der Waals surface area (Å²) in [6.45, 7) is 2.14. The van der Waals surface area contributed by atoms with E-state index in [2.05, 4.69) is 20.9 Å². The van der Waals surface area contributed by atoms with Gasteiger partial charge in [0.25, 0.3) is 0 Å². The van der Waals surface area contributed by atoms with Crippen LogP contribution in [-0.2, 0) is 11.3 Å². The number of halogens is 1. The average molecular weight is 436 g/mol. The van der Waals surface area contributed by atoms with Crippen LogP contribution in [0.25, 0.3) is 11.1 Å². The summed E-state index contributed by atoms with van der Waals surface area (Å²) in [7, 11) is 0. The van der Waals surface area contributed by atoms with Gasteiger partial charge in [-0.05, 0) is 53.4 Å². The van der Waals surface area contributed by atoms with Crippen molar-refractivity contribution in [3.8, 4) is 11.1 Å². The zero-order chi connectivity index (χ0) is 22.9. The minimum atomic E-state index is -0.718. The molecule has 3 aromatic rings. The number of benzene rings is 2. The minimum Gasteiger partial charge on any atom is -0.334 e. The Morgan fingerprint density at radius 1 is 1.03 bits per heavy atom. The van der Waals surface area contributed by atoms with Gasteiger partial charge >= 0.3 is 6.03 Å². The minimum absolute atomic E-state index is 0.190. The molecule has 0 fully saturated rings. The molecule has 2 aromatic carbocycles. The molecule has 0 saturated heterocycles. The van der Waals surface area contributed by atoms with Gasteiger partial charge in [0.05, 0.1) is 0 Å². The topological polar surface area (TPSA) is 103 Å². The van der Waals surface area contributed by atoms with E-state index in [9.17, 15) is 18.8 Å². The van der Waals surface area contributed by atoms with Crippen molar-refractivity contribution in [2.45, 2.75) is 32.4 Å². The number of anilines is 1. The molecule has 4 N–H and O–H groups in total. The van der Waals surface area contributed by atoms with Crippen LogP contribution in [0.2, 0.25) is 0 Å². The number of H-pyrrole nitrogens is 1. The fourth-order valence-corrected chi connectivity index (χ4v) is 3.15. The van der Waals surface area contributed by atoms with Crippen LogP contribution in [0.3, 0.4) is 0 Å². The number of amides is 3. The first kappa shape index (κ1) is 22.7. The summed E-state index contributed by atoms with van der Waals surface area (Å²) in [4.78, 5) is 39.0. The predicted molar refractivity (Wildman–Crippen MR) is 122 cm³/mol. The van der Waals surface area contributed by atoms with Crippen molar-refractivity contribution in [3.05, 3.63) is 88.6 Å². The van der Waals surface area contributed by atoms with Gasteiger partial charge in [0.15, 0.2) is 0 Å². The second kappa shape index (κ2) is 10.9. The molecule has 3 rings (SSSR count). The van der Waals surface area contributed by atoms with Crippen LogP contribution in [-0.4, -0.2) is 23.0 Å². The summed E-state index contributed by atoms with van der Waals surface area (Å²) in [5.41, 5.74) is 2.77.